The van der Waals surface area contributed by atoms with Crippen molar-refractivity contribution in [1.82, 2.24) is 4.90 Å². The fraction of sp³-hybridized carbons (Fsp3) is 0.357. The summed E-state index contributed by atoms with van der Waals surface area (Å²) in [5, 5.41) is 0. The molecule has 1 aliphatic heterocycles. The van der Waals surface area contributed by atoms with Crippen molar-refractivity contribution in [2.45, 2.75) is 17.7 Å². The van der Waals surface area contributed by atoms with E-state index < -0.39 is 9.84 Å². The van der Waals surface area contributed by atoms with Crippen LogP contribution < -0.4 is 0 Å². The molecule has 1 heterocycles. The number of benzene rings is 1. The Balaban J connectivity index is 2.18. The first-order valence-corrected chi connectivity index (χ1v) is 8.07. The number of carbonyl (C=O) groups excluding carboxylic acids is 1. The van der Waals surface area contributed by atoms with Gasteiger partial charge in [0.05, 0.1) is 4.90 Å². The molecular formula is C14H17NO3S. The standard InChI is InChI=1S/C14H17NO3S/c1-11(14(16)15-9-3-4-10-15)12-5-7-13(8-6-12)19(2,17)18/h5-8H,1,3-4,9-10H2,2H3. The molecule has 102 valence electrons. The minimum atomic E-state index is -3.21. The zero-order valence-corrected chi connectivity index (χ0v) is 11.7. The Kier molecular flexibility index (Phi) is 3.75. The first-order chi connectivity index (χ1) is 8.89. The molecule has 0 spiro atoms. The Morgan fingerprint density at radius 2 is 1.68 bits per heavy atom. The Hall–Kier alpha value is -1.62. The van der Waals surface area contributed by atoms with Crippen LogP contribution in [-0.2, 0) is 14.6 Å². The van der Waals surface area contributed by atoms with Crippen LogP contribution in [-0.4, -0.2) is 38.6 Å². The minimum absolute atomic E-state index is 0.0652. The molecular weight excluding hydrogens is 262 g/mol. The van der Waals surface area contributed by atoms with Crippen LogP contribution in [0.3, 0.4) is 0 Å². The molecule has 1 aromatic rings. The molecule has 5 heteroatoms. The Bertz CT molecular complexity index is 596. The third kappa shape index (κ3) is 3.04. The van der Waals surface area contributed by atoms with E-state index in [1.54, 1.807) is 17.0 Å². The monoisotopic (exact) mass is 279 g/mol. The summed E-state index contributed by atoms with van der Waals surface area (Å²) < 4.78 is 22.7. The predicted octanol–water partition coefficient (Wildman–Crippen LogP) is 1.73. The van der Waals surface area contributed by atoms with E-state index in [-0.39, 0.29) is 10.8 Å². The van der Waals surface area contributed by atoms with Gasteiger partial charge in [-0.2, -0.15) is 0 Å². The van der Waals surface area contributed by atoms with Crippen molar-refractivity contribution in [3.63, 3.8) is 0 Å². The van der Waals surface area contributed by atoms with E-state index in [9.17, 15) is 13.2 Å². The number of hydrogen-bond acceptors (Lipinski definition) is 3. The largest absolute Gasteiger partial charge is 0.339 e. The lowest BCUT2D eigenvalue weighted by atomic mass is 10.1. The summed E-state index contributed by atoms with van der Waals surface area (Å²) in [6, 6.07) is 6.28. The highest BCUT2D eigenvalue weighted by Gasteiger charge is 2.21. The van der Waals surface area contributed by atoms with Crippen molar-refractivity contribution in [2.75, 3.05) is 19.3 Å². The van der Waals surface area contributed by atoms with Crippen LogP contribution in [0.2, 0.25) is 0 Å². The normalized spacial score (nSPS) is 15.5. The first kappa shape index (κ1) is 13.8. The second-order valence-corrected chi connectivity index (χ2v) is 6.79. The maximum Gasteiger partial charge on any atom is 0.253 e. The van der Waals surface area contributed by atoms with Gasteiger partial charge >= 0.3 is 0 Å². The molecule has 2 rings (SSSR count). The van der Waals surface area contributed by atoms with Gasteiger partial charge in [0.1, 0.15) is 0 Å². The van der Waals surface area contributed by atoms with E-state index in [1.165, 1.54) is 12.1 Å². The van der Waals surface area contributed by atoms with Gasteiger partial charge in [-0.25, -0.2) is 8.42 Å². The maximum atomic E-state index is 12.1. The topological polar surface area (TPSA) is 54.5 Å². The van der Waals surface area contributed by atoms with Crippen LogP contribution in [0, 0.1) is 0 Å². The van der Waals surface area contributed by atoms with Gasteiger partial charge in [0.2, 0.25) is 0 Å². The fourth-order valence-corrected chi connectivity index (χ4v) is 2.77. The van der Waals surface area contributed by atoms with Gasteiger partial charge in [-0.3, -0.25) is 4.79 Å². The van der Waals surface area contributed by atoms with Crippen molar-refractivity contribution in [1.29, 1.82) is 0 Å². The summed E-state index contributed by atoms with van der Waals surface area (Å²) in [7, 11) is -3.21. The number of amides is 1. The molecule has 0 bridgehead atoms. The molecule has 0 aliphatic carbocycles. The number of carbonyl (C=O) groups is 1. The van der Waals surface area contributed by atoms with Crippen molar-refractivity contribution >= 4 is 21.3 Å². The van der Waals surface area contributed by atoms with Crippen LogP contribution in [0.5, 0.6) is 0 Å². The van der Waals surface area contributed by atoms with Crippen LogP contribution in [0.25, 0.3) is 5.57 Å². The van der Waals surface area contributed by atoms with E-state index in [0.29, 0.717) is 11.1 Å². The molecule has 4 nitrogen and oxygen atoms in total. The highest BCUT2D eigenvalue weighted by atomic mass is 32.2. The summed E-state index contributed by atoms with van der Waals surface area (Å²) in [6.45, 7) is 5.37. The summed E-state index contributed by atoms with van der Waals surface area (Å²) in [4.78, 5) is 14.2. The summed E-state index contributed by atoms with van der Waals surface area (Å²) in [5.41, 5.74) is 1.09. The zero-order valence-electron chi connectivity index (χ0n) is 10.9. The van der Waals surface area contributed by atoms with Gasteiger partial charge in [0.25, 0.3) is 5.91 Å². The van der Waals surface area contributed by atoms with E-state index >= 15 is 0 Å². The number of likely N-dealkylation sites (tertiary alicyclic amines) is 1. The Morgan fingerprint density at radius 1 is 1.16 bits per heavy atom. The highest BCUT2D eigenvalue weighted by Crippen LogP contribution is 2.20. The molecule has 19 heavy (non-hydrogen) atoms. The Morgan fingerprint density at radius 3 is 2.16 bits per heavy atom. The van der Waals surface area contributed by atoms with Gasteiger partial charge in [-0.05, 0) is 30.5 Å². The SMILES string of the molecule is C=C(C(=O)N1CCCC1)c1ccc(S(C)(=O)=O)cc1. The molecule has 0 saturated carbocycles. The van der Waals surface area contributed by atoms with Crippen LogP contribution >= 0.6 is 0 Å². The highest BCUT2D eigenvalue weighted by molar-refractivity contribution is 7.90. The van der Waals surface area contributed by atoms with Crippen molar-refractivity contribution in [3.8, 4) is 0 Å². The fourth-order valence-electron chi connectivity index (χ4n) is 2.14. The minimum Gasteiger partial charge on any atom is -0.339 e. The lowest BCUT2D eigenvalue weighted by Crippen LogP contribution is -2.28. The van der Waals surface area contributed by atoms with E-state index in [0.717, 1.165) is 32.2 Å². The number of hydrogen-bond donors (Lipinski definition) is 0. The third-order valence-electron chi connectivity index (χ3n) is 3.28. The molecule has 1 fully saturated rings. The van der Waals surface area contributed by atoms with Gasteiger partial charge in [-0.1, -0.05) is 18.7 Å². The molecule has 1 aliphatic rings. The molecule has 0 aromatic heterocycles. The van der Waals surface area contributed by atoms with E-state index in [2.05, 4.69) is 6.58 Å². The molecule has 0 N–H and O–H groups in total. The van der Waals surface area contributed by atoms with Crippen molar-refractivity contribution in [2.24, 2.45) is 0 Å². The van der Waals surface area contributed by atoms with Gasteiger partial charge < -0.3 is 4.90 Å². The van der Waals surface area contributed by atoms with Crippen LogP contribution in [0.15, 0.2) is 35.7 Å². The second-order valence-electron chi connectivity index (χ2n) is 4.77. The molecule has 0 radical (unpaired) electrons. The molecule has 0 unspecified atom stereocenters. The Labute approximate surface area is 113 Å². The molecule has 0 atom stereocenters. The van der Waals surface area contributed by atoms with E-state index in [4.69, 9.17) is 0 Å². The summed E-state index contributed by atoms with van der Waals surface area (Å²) >= 11 is 0. The first-order valence-electron chi connectivity index (χ1n) is 6.18. The van der Waals surface area contributed by atoms with E-state index in [1.807, 2.05) is 0 Å². The van der Waals surface area contributed by atoms with Crippen molar-refractivity contribution in [3.05, 3.63) is 36.4 Å². The predicted molar refractivity (Wildman–Crippen MR) is 74.4 cm³/mol. The number of nitrogens with zero attached hydrogens (tertiary/aromatic N) is 1. The average molecular weight is 279 g/mol. The number of sulfone groups is 1. The van der Waals surface area contributed by atoms with Crippen LogP contribution in [0.1, 0.15) is 18.4 Å². The average Bonchev–Trinajstić information content (AvgIpc) is 2.90. The summed E-state index contributed by atoms with van der Waals surface area (Å²) in [6.07, 6.45) is 3.23. The molecule has 1 aromatic carbocycles. The quantitative estimate of drug-likeness (QED) is 0.792. The number of rotatable bonds is 3. The van der Waals surface area contributed by atoms with Gasteiger partial charge in [-0.15, -0.1) is 0 Å². The lowest BCUT2D eigenvalue weighted by Gasteiger charge is -2.16. The third-order valence-corrected chi connectivity index (χ3v) is 4.41. The van der Waals surface area contributed by atoms with Gasteiger partial charge in [0.15, 0.2) is 9.84 Å². The molecule has 1 amide bonds. The molecule has 1 saturated heterocycles. The zero-order chi connectivity index (χ0) is 14.0. The van der Waals surface area contributed by atoms with Gasteiger partial charge in [0, 0.05) is 24.9 Å². The van der Waals surface area contributed by atoms with Crippen molar-refractivity contribution < 1.29 is 13.2 Å². The second kappa shape index (κ2) is 5.17. The maximum absolute atomic E-state index is 12.1. The lowest BCUT2D eigenvalue weighted by molar-refractivity contribution is -0.123. The summed E-state index contributed by atoms with van der Waals surface area (Å²) in [5.74, 6) is -0.0652. The smallest absolute Gasteiger partial charge is 0.253 e. The van der Waals surface area contributed by atoms with Crippen LogP contribution in [0.4, 0.5) is 0 Å².